The number of aryl methyl sites for hydroxylation is 2. The Morgan fingerprint density at radius 3 is 2.44 bits per heavy atom. The van der Waals surface area contributed by atoms with E-state index in [0.29, 0.717) is 6.42 Å². The van der Waals surface area contributed by atoms with Crippen molar-refractivity contribution in [2.24, 2.45) is 0 Å². The van der Waals surface area contributed by atoms with Crippen molar-refractivity contribution >= 4 is 15.6 Å². The Bertz CT molecular complexity index is 1240. The topological polar surface area (TPSA) is 207 Å². The summed E-state index contributed by atoms with van der Waals surface area (Å²) in [6.07, 6.45) is -4.91. The Morgan fingerprint density at radius 2 is 1.79 bits per heavy atom. The van der Waals surface area contributed by atoms with E-state index in [9.17, 15) is 33.8 Å². The molecule has 1 aromatic carbocycles. The van der Waals surface area contributed by atoms with Crippen molar-refractivity contribution in [1.29, 1.82) is 0 Å². The third-order valence-corrected chi connectivity index (χ3v) is 7.18. The Morgan fingerprint density at radius 1 is 1.09 bits per heavy atom. The normalized spacial score (nSPS) is 24.8. The summed E-state index contributed by atoms with van der Waals surface area (Å²) in [6.45, 7) is 1.03. The first-order chi connectivity index (χ1) is 15.8. The molecule has 1 aliphatic rings. The SMILES string of the molecule is Cc1cccc(CCn2c(=O)ccn([C@@H]3O[C@H](COP(=O)(O)OP(=O)(O)O)[C@H](O)[C@@H]3O)c2=O)c1. The van der Waals surface area contributed by atoms with Crippen LogP contribution in [-0.2, 0) is 35.7 Å². The number of aliphatic hydroxyl groups is 2. The Balaban J connectivity index is 1.76. The number of benzene rings is 1. The molecule has 1 aliphatic heterocycles. The van der Waals surface area contributed by atoms with Crippen LogP contribution in [0.2, 0.25) is 0 Å². The molecule has 1 unspecified atom stereocenters. The molecule has 1 fully saturated rings. The summed E-state index contributed by atoms with van der Waals surface area (Å²) in [5.41, 5.74) is 0.504. The van der Waals surface area contributed by atoms with Gasteiger partial charge >= 0.3 is 21.3 Å². The van der Waals surface area contributed by atoms with Gasteiger partial charge in [0.1, 0.15) is 18.3 Å². The lowest BCUT2D eigenvalue weighted by Gasteiger charge is -2.19. The van der Waals surface area contributed by atoms with Crippen LogP contribution in [0.1, 0.15) is 17.4 Å². The van der Waals surface area contributed by atoms with Gasteiger partial charge in [-0.25, -0.2) is 13.9 Å². The average molecular weight is 522 g/mol. The summed E-state index contributed by atoms with van der Waals surface area (Å²) in [6, 6.07) is 8.59. The summed E-state index contributed by atoms with van der Waals surface area (Å²) in [5.74, 6) is 0. The van der Waals surface area contributed by atoms with Crippen molar-refractivity contribution in [3.63, 3.8) is 0 Å². The number of phosphoric acid groups is 2. The minimum atomic E-state index is -5.35. The van der Waals surface area contributed by atoms with Gasteiger partial charge in [0, 0.05) is 18.8 Å². The second-order valence-electron chi connectivity index (χ2n) is 7.62. The number of rotatable bonds is 9. The molecular formula is C18H24N2O12P2. The molecule has 0 saturated carbocycles. The van der Waals surface area contributed by atoms with Gasteiger partial charge in [0.2, 0.25) is 0 Å². The minimum Gasteiger partial charge on any atom is -0.387 e. The highest BCUT2D eigenvalue weighted by molar-refractivity contribution is 7.60. The molecule has 1 saturated heterocycles. The number of ether oxygens (including phenoxy) is 1. The monoisotopic (exact) mass is 522 g/mol. The average Bonchev–Trinajstić information content (AvgIpc) is 2.99. The van der Waals surface area contributed by atoms with Crippen LogP contribution in [0.3, 0.4) is 0 Å². The maximum atomic E-state index is 12.9. The summed E-state index contributed by atoms with van der Waals surface area (Å²) < 4.78 is 37.6. The molecule has 2 aromatic rings. The van der Waals surface area contributed by atoms with E-state index in [1.165, 1.54) is 0 Å². The lowest BCUT2D eigenvalue weighted by molar-refractivity contribution is -0.0548. The lowest BCUT2D eigenvalue weighted by atomic mass is 10.1. The maximum Gasteiger partial charge on any atom is 0.481 e. The molecular weight excluding hydrogens is 498 g/mol. The second kappa shape index (κ2) is 10.3. The smallest absolute Gasteiger partial charge is 0.387 e. The van der Waals surface area contributed by atoms with Crippen molar-refractivity contribution < 1.29 is 47.6 Å². The van der Waals surface area contributed by atoms with E-state index in [2.05, 4.69) is 8.83 Å². The molecule has 0 aliphatic carbocycles. The van der Waals surface area contributed by atoms with Crippen LogP contribution in [0.15, 0.2) is 46.1 Å². The maximum absolute atomic E-state index is 12.9. The predicted octanol–water partition coefficient (Wildman–Crippen LogP) is -0.593. The lowest BCUT2D eigenvalue weighted by Crippen LogP contribution is -2.43. The first-order valence-electron chi connectivity index (χ1n) is 9.91. The molecule has 1 aromatic heterocycles. The van der Waals surface area contributed by atoms with E-state index in [-0.39, 0.29) is 6.54 Å². The Kier molecular flexibility index (Phi) is 8.10. The second-order valence-corrected chi connectivity index (χ2v) is 10.4. The number of aliphatic hydroxyl groups excluding tert-OH is 2. The number of hydrogen-bond donors (Lipinski definition) is 5. The van der Waals surface area contributed by atoms with Crippen molar-refractivity contribution in [3.8, 4) is 0 Å². The summed E-state index contributed by atoms with van der Waals surface area (Å²) in [7, 11) is -10.6. The number of hydrogen-bond acceptors (Lipinski definition) is 9. The minimum absolute atomic E-state index is 0.0350. The van der Waals surface area contributed by atoms with E-state index < -0.39 is 58.0 Å². The zero-order valence-corrected chi connectivity index (χ0v) is 19.6. The van der Waals surface area contributed by atoms with Crippen LogP contribution in [-0.4, -0.2) is 58.9 Å². The molecule has 3 rings (SSSR count). The van der Waals surface area contributed by atoms with Crippen LogP contribution < -0.4 is 11.2 Å². The van der Waals surface area contributed by atoms with Crippen molar-refractivity contribution in [1.82, 2.24) is 9.13 Å². The zero-order chi connectivity index (χ0) is 25.3. The molecule has 14 nitrogen and oxygen atoms in total. The van der Waals surface area contributed by atoms with Crippen LogP contribution in [0.4, 0.5) is 0 Å². The quantitative estimate of drug-likeness (QED) is 0.262. The van der Waals surface area contributed by atoms with Crippen molar-refractivity contribution in [3.05, 3.63) is 68.5 Å². The Labute approximate surface area is 192 Å². The molecule has 188 valence electrons. The van der Waals surface area contributed by atoms with Gasteiger partial charge in [-0.05, 0) is 18.9 Å². The van der Waals surface area contributed by atoms with Gasteiger partial charge in [-0.1, -0.05) is 29.8 Å². The van der Waals surface area contributed by atoms with Gasteiger partial charge in [-0.3, -0.25) is 18.5 Å². The molecule has 0 radical (unpaired) electrons. The van der Waals surface area contributed by atoms with Gasteiger partial charge < -0.3 is 29.6 Å². The van der Waals surface area contributed by atoms with Gasteiger partial charge in [0.25, 0.3) is 5.56 Å². The molecule has 5 atom stereocenters. The zero-order valence-electron chi connectivity index (χ0n) is 17.8. The van der Waals surface area contributed by atoms with Gasteiger partial charge in [0.15, 0.2) is 6.23 Å². The van der Waals surface area contributed by atoms with E-state index in [1.807, 2.05) is 31.2 Å². The van der Waals surface area contributed by atoms with Gasteiger partial charge in [-0.2, -0.15) is 4.31 Å². The number of phosphoric ester groups is 1. The highest BCUT2D eigenvalue weighted by atomic mass is 31.3. The fourth-order valence-electron chi connectivity index (χ4n) is 3.46. The third kappa shape index (κ3) is 6.58. The molecule has 34 heavy (non-hydrogen) atoms. The highest BCUT2D eigenvalue weighted by Gasteiger charge is 2.45. The largest absolute Gasteiger partial charge is 0.481 e. The van der Waals surface area contributed by atoms with Crippen LogP contribution in [0, 0.1) is 6.92 Å². The van der Waals surface area contributed by atoms with Crippen LogP contribution in [0.5, 0.6) is 0 Å². The molecule has 0 amide bonds. The van der Waals surface area contributed by atoms with Crippen molar-refractivity contribution in [2.75, 3.05) is 6.61 Å². The summed E-state index contributed by atoms with van der Waals surface area (Å²) in [4.78, 5) is 51.8. The molecule has 16 heteroatoms. The predicted molar refractivity (Wildman–Crippen MR) is 115 cm³/mol. The molecule has 0 bridgehead atoms. The summed E-state index contributed by atoms with van der Waals surface area (Å²) in [5, 5.41) is 20.6. The molecule has 2 heterocycles. The van der Waals surface area contributed by atoms with Gasteiger partial charge in [0.05, 0.1) is 6.61 Å². The first-order valence-corrected chi connectivity index (χ1v) is 12.9. The standard InChI is InChI=1S/C18H24N2O12P2/c1-11-3-2-4-12(9-11)5-7-19-14(21)6-8-20(18(19)24)17-16(23)15(22)13(31-17)10-30-34(28,29)32-33(25,26)27/h2-4,6,8-9,13,15-17,22-23H,5,7,10H2,1H3,(H,28,29)(H2,25,26,27)/t13-,15+,16+,17-/m1/s1. The highest BCUT2D eigenvalue weighted by Crippen LogP contribution is 2.57. The van der Waals surface area contributed by atoms with E-state index in [0.717, 1.165) is 32.5 Å². The van der Waals surface area contributed by atoms with Gasteiger partial charge in [-0.15, -0.1) is 0 Å². The molecule has 5 N–H and O–H groups in total. The third-order valence-electron chi connectivity index (χ3n) is 5.02. The Hall–Kier alpha value is -1.96. The summed E-state index contributed by atoms with van der Waals surface area (Å²) >= 11 is 0. The molecule has 0 spiro atoms. The number of nitrogens with zero attached hydrogens (tertiary/aromatic N) is 2. The van der Waals surface area contributed by atoms with E-state index >= 15 is 0 Å². The van der Waals surface area contributed by atoms with E-state index in [1.54, 1.807) is 0 Å². The number of aromatic nitrogens is 2. The fourth-order valence-corrected chi connectivity index (χ4v) is 5.06. The van der Waals surface area contributed by atoms with Crippen LogP contribution >= 0.6 is 15.6 Å². The van der Waals surface area contributed by atoms with Crippen LogP contribution in [0.25, 0.3) is 0 Å². The fraction of sp³-hybridized carbons (Fsp3) is 0.444. The first kappa shape index (κ1) is 26.6. The van der Waals surface area contributed by atoms with E-state index in [4.69, 9.17) is 14.5 Å². The van der Waals surface area contributed by atoms with Crippen molar-refractivity contribution in [2.45, 2.75) is 44.4 Å².